The molecular weight excluding hydrogens is 300 g/mol. The second-order valence-electron chi connectivity index (χ2n) is 6.86. The summed E-state index contributed by atoms with van der Waals surface area (Å²) in [7, 11) is 1.89. The smallest absolute Gasteiger partial charge is 0.290 e. The average molecular weight is 324 g/mol. The summed E-state index contributed by atoms with van der Waals surface area (Å²) in [6, 6.07) is 11.2. The molecule has 5 nitrogen and oxygen atoms in total. The molecule has 1 amide bonds. The van der Waals surface area contributed by atoms with E-state index in [-0.39, 0.29) is 18.0 Å². The molecule has 0 radical (unpaired) electrons. The summed E-state index contributed by atoms with van der Waals surface area (Å²) in [5, 5.41) is 3.67. The third-order valence-corrected chi connectivity index (χ3v) is 5.40. The Labute approximate surface area is 142 Å². The first-order valence-electron chi connectivity index (χ1n) is 8.84. The molecule has 2 saturated heterocycles. The van der Waals surface area contributed by atoms with E-state index in [1.807, 2.05) is 23.9 Å². The molecule has 0 unspecified atom stereocenters. The van der Waals surface area contributed by atoms with Crippen LogP contribution in [0.15, 0.2) is 42.7 Å². The van der Waals surface area contributed by atoms with Gasteiger partial charge in [-0.2, -0.15) is 0 Å². The molecule has 1 aromatic heterocycles. The van der Waals surface area contributed by atoms with Crippen LogP contribution in [0.1, 0.15) is 47.9 Å². The van der Waals surface area contributed by atoms with Gasteiger partial charge in [0.15, 0.2) is 5.82 Å². The number of amides is 1. The summed E-state index contributed by atoms with van der Waals surface area (Å²) in [4.78, 5) is 19.7. The molecule has 0 spiro atoms. The van der Waals surface area contributed by atoms with E-state index >= 15 is 0 Å². The van der Waals surface area contributed by atoms with Gasteiger partial charge < -0.3 is 14.8 Å². The van der Waals surface area contributed by atoms with Crippen LogP contribution in [-0.4, -0.2) is 39.0 Å². The molecule has 2 aromatic rings. The number of carbonyl (C=O) groups excluding carboxylic acids is 1. The monoisotopic (exact) mass is 324 g/mol. The predicted octanol–water partition coefficient (Wildman–Crippen LogP) is 2.52. The number of hydrogen-bond donors (Lipinski definition) is 1. The van der Waals surface area contributed by atoms with Crippen molar-refractivity contribution in [2.24, 2.45) is 7.05 Å². The highest BCUT2D eigenvalue weighted by atomic mass is 16.2. The molecule has 0 saturated carbocycles. The molecule has 2 aliphatic rings. The van der Waals surface area contributed by atoms with Crippen molar-refractivity contribution in [3.05, 3.63) is 54.1 Å². The maximum atomic E-state index is 13.3. The fourth-order valence-corrected chi connectivity index (χ4v) is 4.21. The van der Waals surface area contributed by atoms with E-state index in [4.69, 9.17) is 0 Å². The van der Waals surface area contributed by atoms with Gasteiger partial charge in [-0.1, -0.05) is 36.8 Å². The van der Waals surface area contributed by atoms with E-state index in [0.29, 0.717) is 11.9 Å². The lowest BCUT2D eigenvalue weighted by Gasteiger charge is -2.31. The second kappa shape index (κ2) is 6.40. The van der Waals surface area contributed by atoms with Crippen molar-refractivity contribution in [2.75, 3.05) is 6.54 Å². The first-order chi connectivity index (χ1) is 11.8. The number of aromatic nitrogens is 2. The number of likely N-dealkylation sites (tertiary alicyclic amines) is 1. The molecule has 1 aromatic carbocycles. The van der Waals surface area contributed by atoms with E-state index in [1.165, 1.54) is 18.4 Å². The number of nitrogens with one attached hydrogen (secondary N) is 1. The van der Waals surface area contributed by atoms with Crippen LogP contribution >= 0.6 is 0 Å². The summed E-state index contributed by atoms with van der Waals surface area (Å²) < 4.78 is 1.82. The third-order valence-electron chi connectivity index (χ3n) is 5.40. The van der Waals surface area contributed by atoms with Gasteiger partial charge >= 0.3 is 0 Å². The van der Waals surface area contributed by atoms with Crippen molar-refractivity contribution in [3.8, 4) is 0 Å². The van der Waals surface area contributed by atoms with Crippen LogP contribution in [-0.2, 0) is 7.05 Å². The first kappa shape index (κ1) is 15.4. The van der Waals surface area contributed by atoms with Crippen LogP contribution in [0, 0.1) is 0 Å². The summed E-state index contributed by atoms with van der Waals surface area (Å²) in [5.41, 5.74) is 1.22. The van der Waals surface area contributed by atoms with Gasteiger partial charge in [-0.25, -0.2) is 4.98 Å². The molecule has 4 rings (SSSR count). The Hall–Kier alpha value is -2.14. The van der Waals surface area contributed by atoms with Crippen LogP contribution in [0.2, 0.25) is 0 Å². The number of fused-ring (bicyclic) bond motifs is 1. The Morgan fingerprint density at radius 2 is 2.08 bits per heavy atom. The second-order valence-corrected chi connectivity index (χ2v) is 6.86. The zero-order chi connectivity index (χ0) is 16.5. The molecule has 3 heterocycles. The van der Waals surface area contributed by atoms with Crippen molar-refractivity contribution in [2.45, 2.75) is 43.8 Å². The number of carbonyl (C=O) groups is 1. The maximum Gasteiger partial charge on any atom is 0.290 e. The zero-order valence-corrected chi connectivity index (χ0v) is 14.1. The van der Waals surface area contributed by atoms with Gasteiger partial charge in [0.2, 0.25) is 0 Å². The van der Waals surface area contributed by atoms with E-state index in [1.54, 1.807) is 6.20 Å². The van der Waals surface area contributed by atoms with Gasteiger partial charge in [0.25, 0.3) is 5.91 Å². The van der Waals surface area contributed by atoms with Gasteiger partial charge in [0.1, 0.15) is 0 Å². The van der Waals surface area contributed by atoms with E-state index in [0.717, 1.165) is 19.4 Å². The van der Waals surface area contributed by atoms with Crippen molar-refractivity contribution in [1.29, 1.82) is 0 Å². The summed E-state index contributed by atoms with van der Waals surface area (Å²) in [5.74, 6) is 0.577. The van der Waals surface area contributed by atoms with Crippen LogP contribution < -0.4 is 5.32 Å². The van der Waals surface area contributed by atoms with Gasteiger partial charge in [-0.15, -0.1) is 0 Å². The van der Waals surface area contributed by atoms with E-state index in [9.17, 15) is 4.79 Å². The standard InChI is InChI=1S/C19H24N4O/c1-22-12-11-21-18(22)19(24)23-16-9-5-6-10-20-15(16)13-17(23)14-7-3-2-4-8-14/h2-4,7-8,11-12,15-17,20H,5-6,9-10,13H2,1H3/t15-,16+,17+/m1/s1. The van der Waals surface area contributed by atoms with Crippen molar-refractivity contribution in [1.82, 2.24) is 19.8 Å². The lowest BCUT2D eigenvalue weighted by Crippen LogP contribution is -2.44. The topological polar surface area (TPSA) is 50.2 Å². The number of benzene rings is 1. The highest BCUT2D eigenvalue weighted by Crippen LogP contribution is 2.40. The zero-order valence-electron chi connectivity index (χ0n) is 14.1. The van der Waals surface area contributed by atoms with Gasteiger partial charge in [-0.3, -0.25) is 4.79 Å². The highest BCUT2D eigenvalue weighted by molar-refractivity contribution is 5.91. The fraction of sp³-hybridized carbons (Fsp3) is 0.474. The maximum absolute atomic E-state index is 13.3. The molecule has 2 fully saturated rings. The van der Waals surface area contributed by atoms with Gasteiger partial charge in [0.05, 0.1) is 6.04 Å². The summed E-state index contributed by atoms with van der Waals surface area (Å²) in [6.07, 6.45) is 7.93. The minimum absolute atomic E-state index is 0.0487. The summed E-state index contributed by atoms with van der Waals surface area (Å²) >= 11 is 0. The Morgan fingerprint density at radius 3 is 2.83 bits per heavy atom. The third kappa shape index (κ3) is 2.63. The lowest BCUT2D eigenvalue weighted by molar-refractivity contribution is 0.0633. The Balaban J connectivity index is 1.72. The summed E-state index contributed by atoms with van der Waals surface area (Å²) in [6.45, 7) is 1.05. The number of rotatable bonds is 2. The van der Waals surface area contributed by atoms with Crippen molar-refractivity contribution < 1.29 is 4.79 Å². The number of hydrogen-bond acceptors (Lipinski definition) is 3. The molecule has 3 atom stereocenters. The normalized spacial score (nSPS) is 26.9. The minimum Gasteiger partial charge on any atom is -0.330 e. The molecular formula is C19H24N4O. The number of imidazole rings is 1. The number of aryl methyl sites for hydroxylation is 1. The van der Waals surface area contributed by atoms with Gasteiger partial charge in [0, 0.05) is 31.5 Å². The SMILES string of the molecule is Cn1ccnc1C(=O)N1[C@H](c2ccccc2)C[C@H]2NCCCC[C@@H]21. The van der Waals surface area contributed by atoms with E-state index < -0.39 is 0 Å². The molecule has 1 N–H and O–H groups in total. The van der Waals surface area contributed by atoms with Crippen LogP contribution in [0.4, 0.5) is 0 Å². The van der Waals surface area contributed by atoms with E-state index in [2.05, 4.69) is 39.5 Å². The Kier molecular flexibility index (Phi) is 4.10. The molecule has 24 heavy (non-hydrogen) atoms. The molecule has 0 bridgehead atoms. The fourth-order valence-electron chi connectivity index (χ4n) is 4.21. The van der Waals surface area contributed by atoms with Crippen molar-refractivity contribution in [3.63, 3.8) is 0 Å². The van der Waals surface area contributed by atoms with Crippen molar-refractivity contribution >= 4 is 5.91 Å². The van der Waals surface area contributed by atoms with Crippen LogP contribution in [0.25, 0.3) is 0 Å². The Bertz CT molecular complexity index is 711. The van der Waals surface area contributed by atoms with Crippen LogP contribution in [0.5, 0.6) is 0 Å². The largest absolute Gasteiger partial charge is 0.330 e. The average Bonchev–Trinajstić information content (AvgIpc) is 3.12. The number of nitrogens with zero attached hydrogens (tertiary/aromatic N) is 3. The lowest BCUT2D eigenvalue weighted by atomic mass is 10.0. The molecule has 126 valence electrons. The molecule has 2 aliphatic heterocycles. The highest BCUT2D eigenvalue weighted by Gasteiger charge is 2.45. The molecule has 0 aliphatic carbocycles. The Morgan fingerprint density at radius 1 is 1.25 bits per heavy atom. The molecule has 5 heteroatoms. The minimum atomic E-state index is 0.0487. The predicted molar refractivity (Wildman–Crippen MR) is 92.6 cm³/mol. The quantitative estimate of drug-likeness (QED) is 0.923. The van der Waals surface area contributed by atoms with Crippen LogP contribution in [0.3, 0.4) is 0 Å². The van der Waals surface area contributed by atoms with Gasteiger partial charge in [-0.05, 0) is 31.4 Å². The first-order valence-corrected chi connectivity index (χ1v) is 8.84.